The lowest BCUT2D eigenvalue weighted by Crippen LogP contribution is -2.32. The number of aromatic nitrogens is 2. The van der Waals surface area contributed by atoms with E-state index in [4.69, 9.17) is 4.74 Å². The molecule has 3 rings (SSSR count). The molecule has 0 aliphatic carbocycles. The maximum absolute atomic E-state index is 11.5. The second-order valence-electron chi connectivity index (χ2n) is 6.19. The topological polar surface area (TPSA) is 78.4 Å². The van der Waals surface area contributed by atoms with Crippen molar-refractivity contribution in [3.05, 3.63) is 60.2 Å². The van der Waals surface area contributed by atoms with Gasteiger partial charge in [0.15, 0.2) is 0 Å². The number of hydrogen-bond acceptors (Lipinski definition) is 3. The Bertz CT molecular complexity index is 903. The first-order valence-electron chi connectivity index (χ1n) is 8.87. The summed E-state index contributed by atoms with van der Waals surface area (Å²) >= 11 is 0. The molecule has 3 aromatic rings. The molecule has 0 atom stereocenters. The largest absolute Gasteiger partial charge is 0.465 e. The van der Waals surface area contributed by atoms with Crippen molar-refractivity contribution < 1.29 is 14.6 Å². The molecule has 6 heteroatoms. The predicted octanol–water partition coefficient (Wildman–Crippen LogP) is 4.44. The number of hydrogen-bond donors (Lipinski definition) is 2. The van der Waals surface area contributed by atoms with Crippen LogP contribution < -0.4 is 4.90 Å². The van der Waals surface area contributed by atoms with Crippen LogP contribution in [0.2, 0.25) is 0 Å². The number of carboxylic acid groups (broad SMARTS) is 1. The molecule has 2 aromatic carbocycles. The van der Waals surface area contributed by atoms with Gasteiger partial charge in [0.2, 0.25) is 0 Å². The van der Waals surface area contributed by atoms with Gasteiger partial charge in [-0.1, -0.05) is 43.3 Å². The summed E-state index contributed by atoms with van der Waals surface area (Å²) < 4.78 is 5.01. The van der Waals surface area contributed by atoms with Crippen molar-refractivity contribution in [2.75, 3.05) is 25.2 Å². The standard InChI is InChI=1S/C21H23N3O3/c1-3-15-7-9-16(10-8-15)19-14-20(23-22-19)17-5-4-6-18(13-17)24(21(25)26)11-12-27-2/h4-10,13-14H,3,11-12H2,1-2H3,(H,22,23)(H,25,26). The number of anilines is 1. The van der Waals surface area contributed by atoms with Crippen LogP contribution in [0.3, 0.4) is 0 Å². The molecular weight excluding hydrogens is 342 g/mol. The third kappa shape index (κ3) is 4.35. The fraction of sp³-hybridized carbons (Fsp3) is 0.238. The number of methoxy groups -OCH3 is 1. The zero-order valence-electron chi connectivity index (χ0n) is 15.5. The Morgan fingerprint density at radius 1 is 1.15 bits per heavy atom. The molecule has 0 aliphatic heterocycles. The van der Waals surface area contributed by atoms with Crippen molar-refractivity contribution >= 4 is 11.8 Å². The zero-order valence-corrected chi connectivity index (χ0v) is 15.5. The van der Waals surface area contributed by atoms with E-state index in [0.29, 0.717) is 12.3 Å². The van der Waals surface area contributed by atoms with Crippen LogP contribution in [0.4, 0.5) is 10.5 Å². The van der Waals surface area contributed by atoms with Crippen LogP contribution in [0.1, 0.15) is 12.5 Å². The Morgan fingerprint density at radius 3 is 2.59 bits per heavy atom. The van der Waals surface area contributed by atoms with Crippen molar-refractivity contribution in [2.24, 2.45) is 0 Å². The highest BCUT2D eigenvalue weighted by Crippen LogP contribution is 2.27. The molecule has 140 valence electrons. The van der Waals surface area contributed by atoms with E-state index < -0.39 is 6.09 Å². The fourth-order valence-electron chi connectivity index (χ4n) is 2.89. The molecule has 0 saturated carbocycles. The van der Waals surface area contributed by atoms with Gasteiger partial charge in [0.05, 0.1) is 24.5 Å². The summed E-state index contributed by atoms with van der Waals surface area (Å²) in [6.45, 7) is 2.73. The maximum atomic E-state index is 11.5. The van der Waals surface area contributed by atoms with E-state index >= 15 is 0 Å². The Morgan fingerprint density at radius 2 is 1.93 bits per heavy atom. The molecule has 6 nitrogen and oxygen atoms in total. The van der Waals surface area contributed by atoms with Crippen LogP contribution in [-0.2, 0) is 11.2 Å². The van der Waals surface area contributed by atoms with Crippen molar-refractivity contribution in [1.29, 1.82) is 0 Å². The van der Waals surface area contributed by atoms with Crippen molar-refractivity contribution in [2.45, 2.75) is 13.3 Å². The molecule has 1 amide bonds. The molecule has 0 spiro atoms. The van der Waals surface area contributed by atoms with Crippen LogP contribution >= 0.6 is 0 Å². The number of nitrogens with one attached hydrogen (secondary N) is 1. The minimum Gasteiger partial charge on any atom is -0.465 e. The SMILES string of the molecule is CCc1ccc(-c2cc(-c3cccc(N(CCOC)C(=O)O)c3)n[nH]2)cc1. The normalized spacial score (nSPS) is 10.7. The van der Waals surface area contributed by atoms with E-state index in [-0.39, 0.29) is 6.54 Å². The van der Waals surface area contributed by atoms with E-state index in [1.165, 1.54) is 10.5 Å². The first kappa shape index (κ1) is 18.7. The van der Waals surface area contributed by atoms with Gasteiger partial charge in [-0.15, -0.1) is 0 Å². The molecule has 0 fully saturated rings. The molecule has 0 radical (unpaired) electrons. The zero-order chi connectivity index (χ0) is 19.2. The number of aryl methyl sites for hydroxylation is 1. The minimum atomic E-state index is -1.01. The average Bonchev–Trinajstić information content (AvgIpc) is 3.19. The molecule has 1 aromatic heterocycles. The number of amides is 1. The summed E-state index contributed by atoms with van der Waals surface area (Å²) in [7, 11) is 1.55. The summed E-state index contributed by atoms with van der Waals surface area (Å²) in [6, 6.07) is 17.7. The molecule has 0 saturated heterocycles. The van der Waals surface area contributed by atoms with Gasteiger partial charge >= 0.3 is 6.09 Å². The van der Waals surface area contributed by atoms with Gasteiger partial charge in [0, 0.05) is 18.4 Å². The molecule has 0 unspecified atom stereocenters. The fourth-order valence-corrected chi connectivity index (χ4v) is 2.89. The highest BCUT2D eigenvalue weighted by atomic mass is 16.5. The lowest BCUT2D eigenvalue weighted by molar-refractivity contribution is 0.186. The van der Waals surface area contributed by atoms with Gasteiger partial charge in [-0.2, -0.15) is 5.10 Å². The molecular formula is C21H23N3O3. The van der Waals surface area contributed by atoms with E-state index in [2.05, 4.69) is 41.4 Å². The van der Waals surface area contributed by atoms with E-state index in [0.717, 1.165) is 28.9 Å². The van der Waals surface area contributed by atoms with E-state index in [9.17, 15) is 9.90 Å². The number of carbonyl (C=O) groups is 1. The van der Waals surface area contributed by atoms with Gasteiger partial charge < -0.3 is 9.84 Å². The van der Waals surface area contributed by atoms with Crippen molar-refractivity contribution in [3.63, 3.8) is 0 Å². The number of benzene rings is 2. The van der Waals surface area contributed by atoms with E-state index in [1.54, 1.807) is 13.2 Å². The predicted molar refractivity (Wildman–Crippen MR) is 106 cm³/mol. The number of aromatic amines is 1. The van der Waals surface area contributed by atoms with Crippen molar-refractivity contribution in [3.8, 4) is 22.5 Å². The van der Waals surface area contributed by atoms with Crippen LogP contribution in [0.5, 0.6) is 0 Å². The Hall–Kier alpha value is -3.12. The Kier molecular flexibility index (Phi) is 5.88. The monoisotopic (exact) mass is 365 g/mol. The quantitative estimate of drug-likeness (QED) is 0.649. The molecule has 0 aliphatic rings. The lowest BCUT2D eigenvalue weighted by Gasteiger charge is -2.19. The van der Waals surface area contributed by atoms with Crippen LogP contribution in [-0.4, -0.2) is 41.7 Å². The van der Waals surface area contributed by atoms with E-state index in [1.807, 2.05) is 24.3 Å². The van der Waals surface area contributed by atoms with Crippen LogP contribution in [0.25, 0.3) is 22.5 Å². The lowest BCUT2D eigenvalue weighted by atomic mass is 10.1. The molecule has 27 heavy (non-hydrogen) atoms. The number of nitrogens with zero attached hydrogens (tertiary/aromatic N) is 2. The van der Waals surface area contributed by atoms with Gasteiger partial charge in [0.1, 0.15) is 0 Å². The second kappa shape index (κ2) is 8.51. The van der Waals surface area contributed by atoms with Crippen molar-refractivity contribution in [1.82, 2.24) is 10.2 Å². The molecule has 0 bridgehead atoms. The Balaban J connectivity index is 1.86. The smallest absolute Gasteiger partial charge is 0.411 e. The average molecular weight is 365 g/mol. The summed E-state index contributed by atoms with van der Waals surface area (Å²) in [6.07, 6.45) is -0.00676. The van der Waals surface area contributed by atoms with Gasteiger partial charge in [-0.05, 0) is 35.7 Å². The highest BCUT2D eigenvalue weighted by molar-refractivity contribution is 5.87. The number of rotatable bonds is 7. The minimum absolute atomic E-state index is 0.269. The van der Waals surface area contributed by atoms with Gasteiger partial charge in [-0.3, -0.25) is 10.00 Å². The summed E-state index contributed by atoms with van der Waals surface area (Å²) in [4.78, 5) is 12.8. The highest BCUT2D eigenvalue weighted by Gasteiger charge is 2.15. The van der Waals surface area contributed by atoms with Crippen LogP contribution in [0, 0.1) is 0 Å². The summed E-state index contributed by atoms with van der Waals surface area (Å²) in [5.74, 6) is 0. The molecule has 1 heterocycles. The number of H-pyrrole nitrogens is 1. The van der Waals surface area contributed by atoms with Gasteiger partial charge in [0.25, 0.3) is 0 Å². The maximum Gasteiger partial charge on any atom is 0.411 e. The van der Waals surface area contributed by atoms with Crippen LogP contribution in [0.15, 0.2) is 54.6 Å². The number of ether oxygens (including phenoxy) is 1. The summed E-state index contributed by atoms with van der Waals surface area (Å²) in [5, 5.41) is 16.9. The third-order valence-corrected chi connectivity index (χ3v) is 4.45. The second-order valence-corrected chi connectivity index (χ2v) is 6.19. The Labute approximate surface area is 158 Å². The van der Waals surface area contributed by atoms with Gasteiger partial charge in [-0.25, -0.2) is 4.79 Å². The molecule has 2 N–H and O–H groups in total. The first-order valence-corrected chi connectivity index (χ1v) is 8.87. The first-order chi connectivity index (χ1) is 13.1. The summed E-state index contributed by atoms with van der Waals surface area (Å²) in [5.41, 5.74) is 5.49. The third-order valence-electron chi connectivity index (χ3n) is 4.45.